The quantitative estimate of drug-likeness (QED) is 0.500. The highest BCUT2D eigenvalue weighted by Crippen LogP contribution is 2.10. The van der Waals surface area contributed by atoms with Crippen molar-refractivity contribution in [2.45, 2.75) is 58.9 Å². The molecular formula is C12H25NO2. The van der Waals surface area contributed by atoms with Crippen molar-refractivity contribution in [3.8, 4) is 0 Å². The van der Waals surface area contributed by atoms with Crippen LogP contribution in [-0.2, 0) is 9.53 Å². The second kappa shape index (κ2) is 8.72. The van der Waals surface area contributed by atoms with Gasteiger partial charge in [0.1, 0.15) is 0 Å². The second-order valence-corrected chi connectivity index (χ2v) is 4.31. The number of rotatable bonds is 8. The number of carbonyl (C=O) groups is 1. The Morgan fingerprint density at radius 2 is 1.93 bits per heavy atom. The van der Waals surface area contributed by atoms with Crippen LogP contribution in [-0.4, -0.2) is 18.6 Å². The van der Waals surface area contributed by atoms with E-state index >= 15 is 0 Å². The highest BCUT2D eigenvalue weighted by atomic mass is 16.5. The van der Waals surface area contributed by atoms with Crippen molar-refractivity contribution in [3.05, 3.63) is 0 Å². The maximum atomic E-state index is 11.0. The van der Waals surface area contributed by atoms with Crippen LogP contribution in [0.4, 0.5) is 0 Å². The minimum Gasteiger partial charge on any atom is -0.466 e. The van der Waals surface area contributed by atoms with Gasteiger partial charge in [-0.05, 0) is 25.7 Å². The van der Waals surface area contributed by atoms with Crippen molar-refractivity contribution < 1.29 is 9.53 Å². The normalized spacial score (nSPS) is 12.9. The summed E-state index contributed by atoms with van der Waals surface area (Å²) in [5.74, 6) is 0.473. The number of hydrogen-bond donors (Lipinski definition) is 1. The van der Waals surface area contributed by atoms with Crippen LogP contribution >= 0.6 is 0 Å². The van der Waals surface area contributed by atoms with Gasteiger partial charge in [0, 0.05) is 12.5 Å². The van der Waals surface area contributed by atoms with Crippen LogP contribution < -0.4 is 5.73 Å². The van der Waals surface area contributed by atoms with Crippen LogP contribution in [0.2, 0.25) is 0 Å². The second-order valence-electron chi connectivity index (χ2n) is 4.31. The average molecular weight is 215 g/mol. The Balaban J connectivity index is 3.28. The van der Waals surface area contributed by atoms with E-state index in [0.29, 0.717) is 25.0 Å². The zero-order valence-electron chi connectivity index (χ0n) is 10.3. The molecule has 0 aromatic heterocycles. The lowest BCUT2D eigenvalue weighted by molar-refractivity contribution is -0.143. The minimum atomic E-state index is -0.0781. The van der Waals surface area contributed by atoms with Gasteiger partial charge in [0.2, 0.25) is 0 Å². The van der Waals surface area contributed by atoms with Gasteiger partial charge in [0.15, 0.2) is 0 Å². The zero-order chi connectivity index (χ0) is 11.7. The van der Waals surface area contributed by atoms with Gasteiger partial charge in [0.25, 0.3) is 0 Å². The van der Waals surface area contributed by atoms with Gasteiger partial charge in [-0.1, -0.05) is 26.7 Å². The van der Waals surface area contributed by atoms with Crippen LogP contribution in [0.25, 0.3) is 0 Å². The maximum Gasteiger partial charge on any atom is 0.305 e. The molecule has 0 rings (SSSR count). The van der Waals surface area contributed by atoms with Crippen molar-refractivity contribution in [1.29, 1.82) is 0 Å². The Labute approximate surface area is 93.4 Å². The average Bonchev–Trinajstić information content (AvgIpc) is 2.17. The van der Waals surface area contributed by atoms with Gasteiger partial charge < -0.3 is 10.5 Å². The van der Waals surface area contributed by atoms with E-state index in [2.05, 4.69) is 13.8 Å². The first-order valence-electron chi connectivity index (χ1n) is 5.99. The van der Waals surface area contributed by atoms with E-state index in [1.807, 2.05) is 6.92 Å². The predicted molar refractivity (Wildman–Crippen MR) is 62.5 cm³/mol. The van der Waals surface area contributed by atoms with Crippen molar-refractivity contribution in [3.63, 3.8) is 0 Å². The van der Waals surface area contributed by atoms with E-state index in [1.165, 1.54) is 0 Å². The molecule has 90 valence electrons. The molecule has 0 spiro atoms. The zero-order valence-corrected chi connectivity index (χ0v) is 10.3. The molecule has 0 saturated carbocycles. The van der Waals surface area contributed by atoms with Crippen LogP contribution in [0.1, 0.15) is 52.9 Å². The summed E-state index contributed by atoms with van der Waals surface area (Å²) in [5.41, 5.74) is 5.91. The minimum absolute atomic E-state index is 0.0781. The topological polar surface area (TPSA) is 52.3 Å². The maximum absolute atomic E-state index is 11.0. The van der Waals surface area contributed by atoms with E-state index in [9.17, 15) is 4.79 Å². The molecule has 0 radical (unpaired) electrons. The molecule has 3 nitrogen and oxygen atoms in total. The van der Waals surface area contributed by atoms with Gasteiger partial charge in [-0.3, -0.25) is 4.79 Å². The predicted octanol–water partition coefficient (Wildman–Crippen LogP) is 2.48. The largest absolute Gasteiger partial charge is 0.466 e. The molecule has 1 atom stereocenters. The van der Waals surface area contributed by atoms with Crippen molar-refractivity contribution >= 4 is 5.97 Å². The first-order chi connectivity index (χ1) is 7.07. The molecule has 1 unspecified atom stereocenters. The SMILES string of the molecule is CCOC(=O)CCCCCC(N)C(C)C. The van der Waals surface area contributed by atoms with Gasteiger partial charge in [-0.25, -0.2) is 0 Å². The number of hydrogen-bond acceptors (Lipinski definition) is 3. The number of carbonyl (C=O) groups excluding carboxylic acids is 1. The Bertz CT molecular complexity index is 169. The summed E-state index contributed by atoms with van der Waals surface area (Å²) in [6.07, 6.45) is 4.70. The molecule has 0 aliphatic heterocycles. The molecule has 0 aliphatic rings. The van der Waals surface area contributed by atoms with Crippen LogP contribution in [0.15, 0.2) is 0 Å². The third-order valence-corrected chi connectivity index (χ3v) is 2.58. The fourth-order valence-corrected chi connectivity index (χ4v) is 1.39. The van der Waals surface area contributed by atoms with E-state index in [0.717, 1.165) is 25.7 Å². The number of ether oxygens (including phenoxy) is 1. The highest BCUT2D eigenvalue weighted by molar-refractivity contribution is 5.69. The smallest absolute Gasteiger partial charge is 0.305 e. The molecule has 0 bridgehead atoms. The molecule has 0 saturated heterocycles. The van der Waals surface area contributed by atoms with Gasteiger partial charge in [0.05, 0.1) is 6.61 Å². The summed E-state index contributed by atoms with van der Waals surface area (Å²) < 4.78 is 4.84. The molecule has 2 N–H and O–H groups in total. The molecule has 0 heterocycles. The van der Waals surface area contributed by atoms with Crippen molar-refractivity contribution in [2.75, 3.05) is 6.61 Å². The Kier molecular flexibility index (Phi) is 8.38. The summed E-state index contributed by atoms with van der Waals surface area (Å²) >= 11 is 0. The summed E-state index contributed by atoms with van der Waals surface area (Å²) in [7, 11) is 0. The van der Waals surface area contributed by atoms with Crippen LogP contribution in [0.3, 0.4) is 0 Å². The third kappa shape index (κ3) is 8.43. The lowest BCUT2D eigenvalue weighted by Crippen LogP contribution is -2.25. The van der Waals surface area contributed by atoms with E-state index in [4.69, 9.17) is 10.5 Å². The molecule has 0 aliphatic carbocycles. The standard InChI is InChI=1S/C12H25NO2/c1-4-15-12(14)9-7-5-6-8-11(13)10(2)3/h10-11H,4-9,13H2,1-3H3. The Morgan fingerprint density at radius 3 is 2.47 bits per heavy atom. The number of nitrogens with two attached hydrogens (primary N) is 1. The lowest BCUT2D eigenvalue weighted by Gasteiger charge is -2.14. The molecular weight excluding hydrogens is 190 g/mol. The van der Waals surface area contributed by atoms with E-state index in [-0.39, 0.29) is 5.97 Å². The summed E-state index contributed by atoms with van der Waals surface area (Å²) in [4.78, 5) is 11.0. The van der Waals surface area contributed by atoms with Gasteiger partial charge in [-0.15, -0.1) is 0 Å². The van der Waals surface area contributed by atoms with E-state index < -0.39 is 0 Å². The van der Waals surface area contributed by atoms with Gasteiger partial charge in [-0.2, -0.15) is 0 Å². The molecule has 0 amide bonds. The van der Waals surface area contributed by atoms with Gasteiger partial charge >= 0.3 is 5.97 Å². The van der Waals surface area contributed by atoms with Crippen LogP contribution in [0.5, 0.6) is 0 Å². The molecule has 15 heavy (non-hydrogen) atoms. The lowest BCUT2D eigenvalue weighted by atomic mass is 9.99. The Morgan fingerprint density at radius 1 is 1.27 bits per heavy atom. The summed E-state index contributed by atoms with van der Waals surface area (Å²) in [6.45, 7) is 6.60. The molecule has 0 fully saturated rings. The van der Waals surface area contributed by atoms with E-state index in [1.54, 1.807) is 0 Å². The highest BCUT2D eigenvalue weighted by Gasteiger charge is 2.07. The van der Waals surface area contributed by atoms with Crippen molar-refractivity contribution in [2.24, 2.45) is 11.7 Å². The fraction of sp³-hybridized carbons (Fsp3) is 0.917. The first kappa shape index (κ1) is 14.4. The fourth-order valence-electron chi connectivity index (χ4n) is 1.39. The number of esters is 1. The van der Waals surface area contributed by atoms with Crippen LogP contribution in [0, 0.1) is 5.92 Å². The third-order valence-electron chi connectivity index (χ3n) is 2.58. The summed E-state index contributed by atoms with van der Waals surface area (Å²) in [6, 6.07) is 0.299. The first-order valence-corrected chi connectivity index (χ1v) is 5.99. The molecule has 0 aromatic carbocycles. The summed E-state index contributed by atoms with van der Waals surface area (Å²) in [5, 5.41) is 0. The van der Waals surface area contributed by atoms with Crippen molar-refractivity contribution in [1.82, 2.24) is 0 Å². The Hall–Kier alpha value is -0.570. The molecule has 0 aromatic rings. The monoisotopic (exact) mass is 215 g/mol. The molecule has 3 heteroatoms. The number of unbranched alkanes of at least 4 members (excludes halogenated alkanes) is 2.